The average molecular weight is 276 g/mol. The molecule has 0 aliphatic heterocycles. The molecule has 1 aromatic carbocycles. The number of benzene rings is 1. The van der Waals surface area contributed by atoms with Gasteiger partial charge in [-0.15, -0.1) is 0 Å². The number of aliphatic hydroxyl groups excluding tert-OH is 1. The summed E-state index contributed by atoms with van der Waals surface area (Å²) in [7, 11) is 0. The summed E-state index contributed by atoms with van der Waals surface area (Å²) in [5.41, 5.74) is 1.50. The third-order valence-corrected chi connectivity index (χ3v) is 4.52. The average Bonchev–Trinajstić information content (AvgIpc) is 2.49. The molecule has 114 valence electrons. The number of rotatable bonds is 10. The Morgan fingerprint density at radius 2 is 1.65 bits per heavy atom. The summed E-state index contributed by atoms with van der Waals surface area (Å²) in [5.74, 6) is 2.22. The van der Waals surface area contributed by atoms with Crippen molar-refractivity contribution >= 4 is 0 Å². The van der Waals surface area contributed by atoms with Gasteiger partial charge < -0.3 is 5.11 Å². The fourth-order valence-electron chi connectivity index (χ4n) is 2.87. The van der Waals surface area contributed by atoms with E-state index < -0.39 is 0 Å². The van der Waals surface area contributed by atoms with Gasteiger partial charge in [-0.05, 0) is 49.0 Å². The SMILES string of the molecule is CCC(C)CC(CCC(C)CCCO)c1ccccc1. The summed E-state index contributed by atoms with van der Waals surface area (Å²) in [6, 6.07) is 11.0. The summed E-state index contributed by atoms with van der Waals surface area (Å²) in [6.45, 7) is 7.31. The summed E-state index contributed by atoms with van der Waals surface area (Å²) in [6.07, 6.45) is 7.22. The highest BCUT2D eigenvalue weighted by Gasteiger charge is 2.15. The molecule has 0 fully saturated rings. The smallest absolute Gasteiger partial charge is 0.0431 e. The Morgan fingerprint density at radius 3 is 2.25 bits per heavy atom. The summed E-state index contributed by atoms with van der Waals surface area (Å²) in [4.78, 5) is 0. The molecule has 1 aromatic rings. The second-order valence-electron chi connectivity index (χ2n) is 6.41. The fourth-order valence-corrected chi connectivity index (χ4v) is 2.87. The Morgan fingerprint density at radius 1 is 0.950 bits per heavy atom. The maximum absolute atomic E-state index is 8.92. The molecule has 0 amide bonds. The monoisotopic (exact) mass is 276 g/mol. The molecule has 0 aliphatic rings. The number of hydrogen-bond donors (Lipinski definition) is 1. The minimum Gasteiger partial charge on any atom is -0.396 e. The largest absolute Gasteiger partial charge is 0.396 e. The molecule has 1 heteroatoms. The molecule has 3 atom stereocenters. The van der Waals surface area contributed by atoms with Crippen molar-refractivity contribution in [2.45, 2.75) is 65.2 Å². The third-order valence-electron chi connectivity index (χ3n) is 4.52. The molecule has 0 saturated carbocycles. The molecule has 3 unspecified atom stereocenters. The molecule has 0 radical (unpaired) electrons. The lowest BCUT2D eigenvalue weighted by molar-refractivity contribution is 0.269. The van der Waals surface area contributed by atoms with Crippen LogP contribution in [-0.2, 0) is 0 Å². The van der Waals surface area contributed by atoms with Gasteiger partial charge in [0, 0.05) is 6.61 Å². The fraction of sp³-hybridized carbons (Fsp3) is 0.684. The number of hydrogen-bond acceptors (Lipinski definition) is 1. The molecule has 20 heavy (non-hydrogen) atoms. The van der Waals surface area contributed by atoms with E-state index in [1.807, 2.05) is 0 Å². The van der Waals surface area contributed by atoms with E-state index in [4.69, 9.17) is 5.11 Å². The first-order chi connectivity index (χ1) is 9.67. The normalized spacial score (nSPS) is 15.8. The van der Waals surface area contributed by atoms with Gasteiger partial charge in [0.05, 0.1) is 0 Å². The second kappa shape index (κ2) is 9.99. The molecule has 0 bridgehead atoms. The predicted octanol–water partition coefficient (Wildman–Crippen LogP) is 5.40. The van der Waals surface area contributed by atoms with Gasteiger partial charge in [0.15, 0.2) is 0 Å². The van der Waals surface area contributed by atoms with E-state index in [-0.39, 0.29) is 0 Å². The van der Waals surface area contributed by atoms with Crippen molar-refractivity contribution in [3.63, 3.8) is 0 Å². The van der Waals surface area contributed by atoms with Gasteiger partial charge in [0.1, 0.15) is 0 Å². The minimum atomic E-state index is 0.333. The topological polar surface area (TPSA) is 20.2 Å². The Hall–Kier alpha value is -0.820. The van der Waals surface area contributed by atoms with E-state index in [9.17, 15) is 0 Å². The van der Waals surface area contributed by atoms with Gasteiger partial charge in [-0.3, -0.25) is 0 Å². The first-order valence-corrected chi connectivity index (χ1v) is 8.33. The van der Waals surface area contributed by atoms with Crippen molar-refractivity contribution in [3.05, 3.63) is 35.9 Å². The molecule has 0 heterocycles. The Balaban J connectivity index is 2.55. The van der Waals surface area contributed by atoms with Crippen LogP contribution in [0.5, 0.6) is 0 Å². The van der Waals surface area contributed by atoms with Crippen LogP contribution in [0.4, 0.5) is 0 Å². The molecule has 1 nitrogen and oxygen atoms in total. The second-order valence-corrected chi connectivity index (χ2v) is 6.41. The lowest BCUT2D eigenvalue weighted by atomic mass is 9.83. The van der Waals surface area contributed by atoms with Gasteiger partial charge in [-0.1, -0.05) is 63.9 Å². The molecular weight excluding hydrogens is 244 g/mol. The molecule has 0 aliphatic carbocycles. The van der Waals surface area contributed by atoms with E-state index >= 15 is 0 Å². The Labute approximate surface area is 125 Å². The third kappa shape index (κ3) is 6.56. The maximum Gasteiger partial charge on any atom is 0.0431 e. The van der Waals surface area contributed by atoms with E-state index in [2.05, 4.69) is 51.1 Å². The van der Waals surface area contributed by atoms with Crippen LogP contribution in [0.1, 0.15) is 70.8 Å². The van der Waals surface area contributed by atoms with Gasteiger partial charge in [-0.25, -0.2) is 0 Å². The highest BCUT2D eigenvalue weighted by atomic mass is 16.2. The molecule has 0 aromatic heterocycles. The summed E-state index contributed by atoms with van der Waals surface area (Å²) in [5, 5.41) is 8.92. The van der Waals surface area contributed by atoms with Crippen molar-refractivity contribution < 1.29 is 5.11 Å². The van der Waals surface area contributed by atoms with Crippen molar-refractivity contribution in [1.29, 1.82) is 0 Å². The quantitative estimate of drug-likeness (QED) is 0.607. The standard InChI is InChI=1S/C19H32O/c1-4-16(2)15-19(18-10-6-5-7-11-18)13-12-17(3)9-8-14-20/h5-7,10-11,16-17,19-20H,4,8-9,12-15H2,1-3H3. The number of aliphatic hydroxyl groups is 1. The molecule has 1 N–H and O–H groups in total. The van der Waals surface area contributed by atoms with Gasteiger partial charge in [0.2, 0.25) is 0 Å². The van der Waals surface area contributed by atoms with Crippen LogP contribution in [0, 0.1) is 11.8 Å². The zero-order chi connectivity index (χ0) is 14.8. The highest BCUT2D eigenvalue weighted by molar-refractivity contribution is 5.19. The molecular formula is C19H32O. The zero-order valence-corrected chi connectivity index (χ0v) is 13.5. The summed E-state index contributed by atoms with van der Waals surface area (Å²) < 4.78 is 0. The lowest BCUT2D eigenvalue weighted by Crippen LogP contribution is -2.07. The van der Waals surface area contributed by atoms with Gasteiger partial charge >= 0.3 is 0 Å². The van der Waals surface area contributed by atoms with Crippen LogP contribution in [0.15, 0.2) is 30.3 Å². The Kier molecular flexibility index (Phi) is 8.60. The Bertz CT molecular complexity index is 333. The van der Waals surface area contributed by atoms with E-state index in [1.165, 1.54) is 31.2 Å². The van der Waals surface area contributed by atoms with Crippen molar-refractivity contribution in [2.75, 3.05) is 6.61 Å². The zero-order valence-electron chi connectivity index (χ0n) is 13.5. The highest BCUT2D eigenvalue weighted by Crippen LogP contribution is 2.31. The van der Waals surface area contributed by atoms with Crippen LogP contribution in [0.3, 0.4) is 0 Å². The van der Waals surface area contributed by atoms with Crippen molar-refractivity contribution in [1.82, 2.24) is 0 Å². The minimum absolute atomic E-state index is 0.333. The van der Waals surface area contributed by atoms with Crippen LogP contribution in [0.2, 0.25) is 0 Å². The van der Waals surface area contributed by atoms with Crippen molar-refractivity contribution in [2.24, 2.45) is 11.8 Å². The predicted molar refractivity (Wildman–Crippen MR) is 88.0 cm³/mol. The van der Waals surface area contributed by atoms with Crippen molar-refractivity contribution in [3.8, 4) is 0 Å². The first-order valence-electron chi connectivity index (χ1n) is 8.33. The van der Waals surface area contributed by atoms with Crippen LogP contribution >= 0.6 is 0 Å². The first kappa shape index (κ1) is 17.2. The van der Waals surface area contributed by atoms with Gasteiger partial charge in [-0.2, -0.15) is 0 Å². The molecule has 0 saturated heterocycles. The lowest BCUT2D eigenvalue weighted by Gasteiger charge is -2.22. The van der Waals surface area contributed by atoms with Crippen LogP contribution in [0.25, 0.3) is 0 Å². The van der Waals surface area contributed by atoms with Gasteiger partial charge in [0.25, 0.3) is 0 Å². The van der Waals surface area contributed by atoms with E-state index in [1.54, 1.807) is 0 Å². The van der Waals surface area contributed by atoms with Crippen LogP contribution in [-0.4, -0.2) is 11.7 Å². The maximum atomic E-state index is 8.92. The van der Waals surface area contributed by atoms with E-state index in [0.717, 1.165) is 24.7 Å². The molecule has 1 rings (SSSR count). The summed E-state index contributed by atoms with van der Waals surface area (Å²) >= 11 is 0. The van der Waals surface area contributed by atoms with E-state index in [0.29, 0.717) is 12.5 Å². The van der Waals surface area contributed by atoms with Crippen LogP contribution < -0.4 is 0 Å². The molecule has 0 spiro atoms.